The first-order valence-corrected chi connectivity index (χ1v) is 5.22. The quantitative estimate of drug-likeness (QED) is 0.702. The van der Waals surface area contributed by atoms with Crippen LogP contribution >= 0.6 is 0 Å². The molecule has 86 valence electrons. The molecule has 0 saturated carbocycles. The second kappa shape index (κ2) is 3.29. The molecule has 2 bridgehead atoms. The van der Waals surface area contributed by atoms with E-state index in [-0.39, 0.29) is 36.6 Å². The fourth-order valence-corrected chi connectivity index (χ4v) is 2.14. The van der Waals surface area contributed by atoms with Crippen LogP contribution in [-0.4, -0.2) is 33.5 Å². The van der Waals surface area contributed by atoms with Crippen LogP contribution in [0, 0.1) is 6.92 Å². The summed E-state index contributed by atoms with van der Waals surface area (Å²) >= 11 is 0. The van der Waals surface area contributed by atoms with Gasteiger partial charge in [-0.05, 0) is 6.92 Å². The Hall–Kier alpha value is -1.40. The Labute approximate surface area is 91.4 Å². The van der Waals surface area contributed by atoms with E-state index in [1.807, 2.05) is 0 Å². The second-order valence-corrected chi connectivity index (χ2v) is 4.12. The summed E-state index contributed by atoms with van der Waals surface area (Å²) in [5, 5.41) is 9.10. The maximum atomic E-state index is 11.4. The van der Waals surface area contributed by atoms with Crippen LogP contribution in [0.15, 0.2) is 11.0 Å². The van der Waals surface area contributed by atoms with E-state index >= 15 is 0 Å². The summed E-state index contributed by atoms with van der Waals surface area (Å²) in [7, 11) is 0. The number of fused-ring (bicyclic) bond motifs is 4. The molecule has 6 heteroatoms. The minimum absolute atomic E-state index is 0.0844. The third kappa shape index (κ3) is 1.27. The van der Waals surface area contributed by atoms with Gasteiger partial charge in [-0.25, -0.2) is 0 Å². The highest BCUT2D eigenvalue weighted by molar-refractivity contribution is 5.12. The van der Waals surface area contributed by atoms with Crippen LogP contribution in [0.25, 0.3) is 0 Å². The molecule has 0 spiro atoms. The molecule has 2 aliphatic heterocycles. The minimum atomic E-state index is -0.331. The van der Waals surface area contributed by atoms with Crippen molar-refractivity contribution in [2.24, 2.45) is 0 Å². The van der Waals surface area contributed by atoms with Gasteiger partial charge in [0.1, 0.15) is 18.4 Å². The molecule has 1 unspecified atom stereocenters. The number of aromatic nitrogens is 2. The van der Waals surface area contributed by atoms with Crippen molar-refractivity contribution in [2.75, 3.05) is 6.61 Å². The van der Waals surface area contributed by atoms with Crippen molar-refractivity contribution in [3.8, 4) is 6.01 Å². The smallest absolute Gasteiger partial charge is 0.302 e. The lowest BCUT2D eigenvalue weighted by Crippen LogP contribution is -2.33. The molecule has 0 amide bonds. The summed E-state index contributed by atoms with van der Waals surface area (Å²) < 4.78 is 12.8. The zero-order chi connectivity index (χ0) is 11.3. The fraction of sp³-hybridized carbons (Fsp3) is 0.600. The summed E-state index contributed by atoms with van der Waals surface area (Å²) in [5.74, 6) is 0. The molecular formula is C10H12N2O4. The highest BCUT2D eigenvalue weighted by Crippen LogP contribution is 2.37. The molecule has 3 atom stereocenters. The van der Waals surface area contributed by atoms with E-state index in [0.29, 0.717) is 12.0 Å². The van der Waals surface area contributed by atoms with Gasteiger partial charge in [-0.2, -0.15) is 4.98 Å². The normalized spacial score (nSPS) is 31.0. The summed E-state index contributed by atoms with van der Waals surface area (Å²) in [6, 6.07) is 0.285. The Bertz CT molecular complexity index is 484. The molecule has 1 fully saturated rings. The van der Waals surface area contributed by atoms with Gasteiger partial charge in [0.05, 0.1) is 6.61 Å². The van der Waals surface area contributed by atoms with Crippen molar-refractivity contribution in [3.63, 3.8) is 0 Å². The SMILES string of the molecule is Cc1cn2c(nc1=O)OC1C[C@@H]2O[C@@H]1CO. The molecule has 1 N–H and O–H groups in total. The zero-order valence-electron chi connectivity index (χ0n) is 8.79. The van der Waals surface area contributed by atoms with Gasteiger partial charge in [0.15, 0.2) is 0 Å². The molecule has 3 heterocycles. The van der Waals surface area contributed by atoms with E-state index in [1.54, 1.807) is 17.7 Å². The average molecular weight is 224 g/mol. The molecule has 6 nitrogen and oxygen atoms in total. The molecule has 0 aliphatic carbocycles. The molecule has 1 aromatic heterocycles. The van der Waals surface area contributed by atoms with Crippen molar-refractivity contribution in [1.82, 2.24) is 9.55 Å². The van der Waals surface area contributed by atoms with Gasteiger partial charge in [-0.15, -0.1) is 0 Å². The Morgan fingerprint density at radius 2 is 2.50 bits per heavy atom. The number of aliphatic hydroxyl groups excluding tert-OH is 1. The summed E-state index contributed by atoms with van der Waals surface area (Å²) in [4.78, 5) is 15.2. The van der Waals surface area contributed by atoms with E-state index in [9.17, 15) is 4.79 Å². The Morgan fingerprint density at radius 1 is 1.69 bits per heavy atom. The van der Waals surface area contributed by atoms with Gasteiger partial charge >= 0.3 is 6.01 Å². The summed E-state index contributed by atoms with van der Waals surface area (Å²) in [5.41, 5.74) is 0.273. The topological polar surface area (TPSA) is 73.6 Å². The van der Waals surface area contributed by atoms with Crippen molar-refractivity contribution < 1.29 is 14.6 Å². The van der Waals surface area contributed by atoms with Gasteiger partial charge in [0.2, 0.25) is 0 Å². The third-order valence-corrected chi connectivity index (χ3v) is 3.02. The number of hydrogen-bond acceptors (Lipinski definition) is 5. The first kappa shape index (κ1) is 9.80. The standard InChI is InChI=1S/C10H12N2O4/c1-5-3-12-8-2-6(7(4-13)15-8)16-10(12)11-9(5)14/h3,6-8,13H,2,4H2,1H3/t6?,7-,8+/m1/s1. The highest BCUT2D eigenvalue weighted by Gasteiger charge is 2.42. The first-order valence-electron chi connectivity index (χ1n) is 5.22. The predicted octanol–water partition coefficient (Wildman–Crippen LogP) is -0.407. The van der Waals surface area contributed by atoms with Crippen LogP contribution in [0.3, 0.4) is 0 Å². The molecule has 16 heavy (non-hydrogen) atoms. The van der Waals surface area contributed by atoms with Crippen molar-refractivity contribution >= 4 is 0 Å². The van der Waals surface area contributed by atoms with Crippen molar-refractivity contribution in [2.45, 2.75) is 31.8 Å². The van der Waals surface area contributed by atoms with Crippen LogP contribution in [-0.2, 0) is 4.74 Å². The van der Waals surface area contributed by atoms with Gasteiger partial charge in [-0.1, -0.05) is 0 Å². The molecular weight excluding hydrogens is 212 g/mol. The molecule has 1 aromatic rings. The maximum absolute atomic E-state index is 11.4. The van der Waals surface area contributed by atoms with Gasteiger partial charge in [0, 0.05) is 18.2 Å². The van der Waals surface area contributed by atoms with Crippen LogP contribution in [0.2, 0.25) is 0 Å². The fourth-order valence-electron chi connectivity index (χ4n) is 2.14. The van der Waals surface area contributed by atoms with E-state index in [1.165, 1.54) is 0 Å². The van der Waals surface area contributed by atoms with Crippen molar-refractivity contribution in [3.05, 3.63) is 22.1 Å². The monoisotopic (exact) mass is 224 g/mol. The lowest BCUT2D eigenvalue weighted by atomic mass is 10.1. The van der Waals surface area contributed by atoms with E-state index < -0.39 is 0 Å². The lowest BCUT2D eigenvalue weighted by molar-refractivity contribution is -0.0247. The van der Waals surface area contributed by atoms with E-state index in [2.05, 4.69) is 4.98 Å². The van der Waals surface area contributed by atoms with Gasteiger partial charge in [0.25, 0.3) is 5.56 Å². The van der Waals surface area contributed by atoms with E-state index in [0.717, 1.165) is 0 Å². The van der Waals surface area contributed by atoms with Crippen molar-refractivity contribution in [1.29, 1.82) is 0 Å². The number of ether oxygens (including phenoxy) is 2. The summed E-state index contributed by atoms with van der Waals surface area (Å²) in [6.45, 7) is 1.62. The molecule has 2 aliphatic rings. The zero-order valence-corrected chi connectivity index (χ0v) is 8.79. The third-order valence-electron chi connectivity index (χ3n) is 3.02. The largest absolute Gasteiger partial charge is 0.458 e. The molecule has 0 aromatic carbocycles. The first-order chi connectivity index (χ1) is 7.69. The van der Waals surface area contributed by atoms with Gasteiger partial charge in [-0.3, -0.25) is 9.36 Å². The molecule has 3 rings (SSSR count). The Kier molecular flexibility index (Phi) is 2.02. The second-order valence-electron chi connectivity index (χ2n) is 4.12. The average Bonchev–Trinajstić information content (AvgIpc) is 2.60. The van der Waals surface area contributed by atoms with E-state index in [4.69, 9.17) is 14.6 Å². The Balaban J connectivity index is 2.06. The predicted molar refractivity (Wildman–Crippen MR) is 53.3 cm³/mol. The van der Waals surface area contributed by atoms with Crippen LogP contribution in [0.5, 0.6) is 6.01 Å². The molecule has 0 radical (unpaired) electrons. The maximum Gasteiger partial charge on any atom is 0.302 e. The number of hydrogen-bond donors (Lipinski definition) is 1. The minimum Gasteiger partial charge on any atom is -0.458 e. The number of nitrogens with zero attached hydrogens (tertiary/aromatic N) is 2. The van der Waals surface area contributed by atoms with Crippen LogP contribution in [0.4, 0.5) is 0 Å². The number of aliphatic hydroxyl groups is 1. The van der Waals surface area contributed by atoms with Crippen LogP contribution in [0.1, 0.15) is 18.2 Å². The Morgan fingerprint density at radius 3 is 3.25 bits per heavy atom. The highest BCUT2D eigenvalue weighted by atomic mass is 16.6. The number of aryl methyl sites for hydroxylation is 1. The molecule has 1 saturated heterocycles. The van der Waals surface area contributed by atoms with Crippen LogP contribution < -0.4 is 10.3 Å². The summed E-state index contributed by atoms with van der Waals surface area (Å²) in [6.07, 6.45) is 1.65. The lowest BCUT2D eigenvalue weighted by Gasteiger charge is -2.23. The van der Waals surface area contributed by atoms with Gasteiger partial charge < -0.3 is 14.6 Å². The number of rotatable bonds is 1.